The van der Waals surface area contributed by atoms with Gasteiger partial charge in [-0.2, -0.15) is 0 Å². The smallest absolute Gasteiger partial charge is 0.133 e. The monoisotopic (exact) mass is 262 g/mol. The second kappa shape index (κ2) is 7.63. The van der Waals surface area contributed by atoms with E-state index >= 15 is 0 Å². The predicted molar refractivity (Wildman–Crippen MR) is 78.6 cm³/mol. The average molecular weight is 262 g/mol. The van der Waals surface area contributed by atoms with Gasteiger partial charge in [-0.05, 0) is 37.3 Å². The van der Waals surface area contributed by atoms with Gasteiger partial charge in [-0.3, -0.25) is 4.90 Å². The molecule has 1 aromatic rings. The molecule has 2 unspecified atom stereocenters. The molecule has 0 radical (unpaired) electrons. The number of hydrogen-bond acceptors (Lipinski definition) is 3. The van der Waals surface area contributed by atoms with Crippen molar-refractivity contribution in [3.63, 3.8) is 0 Å². The minimum atomic E-state index is -0.435. The van der Waals surface area contributed by atoms with E-state index in [9.17, 15) is 5.11 Å². The Morgan fingerprint density at radius 1 is 1.21 bits per heavy atom. The van der Waals surface area contributed by atoms with Crippen molar-refractivity contribution < 1.29 is 5.11 Å². The van der Waals surface area contributed by atoms with Crippen LogP contribution in [0, 0.1) is 5.92 Å². The highest BCUT2D eigenvalue weighted by molar-refractivity contribution is 5.17. The van der Waals surface area contributed by atoms with Crippen molar-refractivity contribution in [3.05, 3.63) is 35.9 Å². The Hall–Kier alpha value is -0.900. The van der Waals surface area contributed by atoms with Gasteiger partial charge in [-0.25, -0.2) is 0 Å². The van der Waals surface area contributed by atoms with Crippen LogP contribution >= 0.6 is 0 Å². The van der Waals surface area contributed by atoms with Crippen molar-refractivity contribution in [2.45, 2.75) is 38.3 Å². The Bertz CT molecular complexity index is 355. The largest absolute Gasteiger partial charge is 0.374 e. The van der Waals surface area contributed by atoms with Gasteiger partial charge in [0.05, 0.1) is 0 Å². The standard InChI is InChI=1S/C16H26N2O/c17-11-6-2-3-7-14-10-12-18(13-14)16(19)15-8-4-1-5-9-15/h1,4-5,8-9,14,16,19H,2-3,6-7,10-13,17H2. The van der Waals surface area contributed by atoms with E-state index in [1.165, 1.54) is 25.7 Å². The fraction of sp³-hybridized carbons (Fsp3) is 0.625. The normalized spacial score (nSPS) is 21.7. The SMILES string of the molecule is NCCCCCC1CCN(C(O)c2ccccc2)C1. The van der Waals surface area contributed by atoms with Crippen LogP contribution in [0.1, 0.15) is 43.9 Å². The first-order valence-electron chi connectivity index (χ1n) is 7.48. The van der Waals surface area contributed by atoms with Gasteiger partial charge in [0, 0.05) is 13.1 Å². The number of unbranched alkanes of at least 4 members (excludes halogenated alkanes) is 2. The zero-order valence-electron chi connectivity index (χ0n) is 11.7. The number of nitrogens with zero attached hydrogens (tertiary/aromatic N) is 1. The molecule has 1 aliphatic rings. The summed E-state index contributed by atoms with van der Waals surface area (Å²) in [5, 5.41) is 10.4. The van der Waals surface area contributed by atoms with Crippen LogP contribution < -0.4 is 5.73 Å². The first-order valence-corrected chi connectivity index (χ1v) is 7.48. The lowest BCUT2D eigenvalue weighted by Crippen LogP contribution is -2.26. The summed E-state index contributed by atoms with van der Waals surface area (Å²) in [6.45, 7) is 2.85. The number of hydrogen-bond donors (Lipinski definition) is 2. The second-order valence-corrected chi connectivity index (χ2v) is 5.57. The average Bonchev–Trinajstić information content (AvgIpc) is 2.92. The lowest BCUT2D eigenvalue weighted by atomic mass is 10.0. The highest BCUT2D eigenvalue weighted by Crippen LogP contribution is 2.28. The zero-order valence-corrected chi connectivity index (χ0v) is 11.7. The van der Waals surface area contributed by atoms with E-state index in [2.05, 4.69) is 4.90 Å². The fourth-order valence-corrected chi connectivity index (χ4v) is 2.91. The molecule has 19 heavy (non-hydrogen) atoms. The fourth-order valence-electron chi connectivity index (χ4n) is 2.91. The minimum absolute atomic E-state index is 0.435. The molecule has 3 N–H and O–H groups in total. The molecule has 3 nitrogen and oxygen atoms in total. The molecule has 1 saturated heterocycles. The highest BCUT2D eigenvalue weighted by Gasteiger charge is 2.27. The van der Waals surface area contributed by atoms with E-state index in [1.807, 2.05) is 30.3 Å². The predicted octanol–water partition coefficient (Wildman–Crippen LogP) is 2.52. The van der Waals surface area contributed by atoms with Gasteiger partial charge in [0.2, 0.25) is 0 Å². The van der Waals surface area contributed by atoms with Crippen molar-refractivity contribution in [2.24, 2.45) is 11.7 Å². The van der Waals surface area contributed by atoms with Crippen LogP contribution in [0.15, 0.2) is 30.3 Å². The quantitative estimate of drug-likeness (QED) is 0.742. The Morgan fingerprint density at radius 2 is 2.00 bits per heavy atom. The summed E-state index contributed by atoms with van der Waals surface area (Å²) in [5.74, 6) is 0.746. The van der Waals surface area contributed by atoms with Crippen LogP contribution in [0.25, 0.3) is 0 Å². The molecule has 106 valence electrons. The zero-order chi connectivity index (χ0) is 13.5. The third-order valence-electron chi connectivity index (χ3n) is 4.08. The summed E-state index contributed by atoms with van der Waals surface area (Å²) >= 11 is 0. The highest BCUT2D eigenvalue weighted by atomic mass is 16.3. The molecule has 0 spiro atoms. The summed E-state index contributed by atoms with van der Waals surface area (Å²) in [7, 11) is 0. The molecule has 1 fully saturated rings. The summed E-state index contributed by atoms with van der Waals surface area (Å²) in [4.78, 5) is 2.20. The van der Waals surface area contributed by atoms with Crippen molar-refractivity contribution in [3.8, 4) is 0 Å². The molecular formula is C16H26N2O. The molecule has 0 aliphatic carbocycles. The van der Waals surface area contributed by atoms with Gasteiger partial charge in [0.25, 0.3) is 0 Å². The second-order valence-electron chi connectivity index (χ2n) is 5.57. The molecular weight excluding hydrogens is 236 g/mol. The number of aliphatic hydroxyl groups is 1. The van der Waals surface area contributed by atoms with E-state index in [-0.39, 0.29) is 0 Å². The van der Waals surface area contributed by atoms with Crippen LogP contribution in [0.2, 0.25) is 0 Å². The molecule has 1 aromatic carbocycles. The van der Waals surface area contributed by atoms with E-state index in [1.54, 1.807) is 0 Å². The van der Waals surface area contributed by atoms with E-state index < -0.39 is 6.23 Å². The molecule has 0 amide bonds. The van der Waals surface area contributed by atoms with Gasteiger partial charge in [0.15, 0.2) is 0 Å². The molecule has 2 rings (SSSR count). The Balaban J connectivity index is 1.75. The van der Waals surface area contributed by atoms with Crippen LogP contribution in [-0.4, -0.2) is 29.6 Å². The van der Waals surface area contributed by atoms with E-state index in [0.717, 1.165) is 37.5 Å². The van der Waals surface area contributed by atoms with Crippen LogP contribution in [0.4, 0.5) is 0 Å². The summed E-state index contributed by atoms with van der Waals surface area (Å²) < 4.78 is 0. The number of benzene rings is 1. The summed E-state index contributed by atoms with van der Waals surface area (Å²) in [5.41, 5.74) is 6.51. The molecule has 0 saturated carbocycles. The minimum Gasteiger partial charge on any atom is -0.374 e. The van der Waals surface area contributed by atoms with Crippen molar-refractivity contribution >= 4 is 0 Å². The maximum Gasteiger partial charge on any atom is 0.133 e. The van der Waals surface area contributed by atoms with Crippen LogP contribution in [0.3, 0.4) is 0 Å². The Labute approximate surface area is 116 Å². The lowest BCUT2D eigenvalue weighted by molar-refractivity contribution is 0.0160. The molecule has 0 aromatic heterocycles. The summed E-state index contributed by atoms with van der Waals surface area (Å²) in [6, 6.07) is 9.96. The number of rotatable bonds is 7. The maximum absolute atomic E-state index is 10.4. The molecule has 1 aliphatic heterocycles. The number of likely N-dealkylation sites (tertiary alicyclic amines) is 1. The Morgan fingerprint density at radius 3 is 2.74 bits per heavy atom. The molecule has 2 atom stereocenters. The van der Waals surface area contributed by atoms with Crippen LogP contribution in [-0.2, 0) is 0 Å². The summed E-state index contributed by atoms with van der Waals surface area (Å²) in [6.07, 6.45) is 5.72. The van der Waals surface area contributed by atoms with Gasteiger partial charge in [-0.15, -0.1) is 0 Å². The van der Waals surface area contributed by atoms with Gasteiger partial charge in [-0.1, -0.05) is 43.2 Å². The van der Waals surface area contributed by atoms with E-state index in [4.69, 9.17) is 5.73 Å². The first-order chi connectivity index (χ1) is 9.31. The van der Waals surface area contributed by atoms with Crippen molar-refractivity contribution in [2.75, 3.05) is 19.6 Å². The van der Waals surface area contributed by atoms with E-state index in [0.29, 0.717) is 0 Å². The molecule has 3 heteroatoms. The van der Waals surface area contributed by atoms with Crippen molar-refractivity contribution in [1.29, 1.82) is 0 Å². The number of aliphatic hydroxyl groups excluding tert-OH is 1. The van der Waals surface area contributed by atoms with Crippen LogP contribution in [0.5, 0.6) is 0 Å². The maximum atomic E-state index is 10.4. The third kappa shape index (κ3) is 4.30. The first kappa shape index (κ1) is 14.5. The molecule has 1 heterocycles. The third-order valence-corrected chi connectivity index (χ3v) is 4.08. The van der Waals surface area contributed by atoms with Gasteiger partial charge < -0.3 is 10.8 Å². The van der Waals surface area contributed by atoms with Crippen molar-refractivity contribution in [1.82, 2.24) is 4.90 Å². The van der Waals surface area contributed by atoms with Gasteiger partial charge in [0.1, 0.15) is 6.23 Å². The topological polar surface area (TPSA) is 49.5 Å². The lowest BCUT2D eigenvalue weighted by Gasteiger charge is -2.23. The number of nitrogens with two attached hydrogens (primary N) is 1. The Kier molecular flexibility index (Phi) is 5.83. The van der Waals surface area contributed by atoms with Gasteiger partial charge >= 0.3 is 0 Å². The molecule has 0 bridgehead atoms.